The molecule has 3 unspecified atom stereocenters. The van der Waals surface area contributed by atoms with Gasteiger partial charge in [-0.2, -0.15) is 0 Å². The molecule has 2 fully saturated rings. The molecule has 0 aliphatic carbocycles. The maximum absolute atomic E-state index is 12.6. The molecule has 3 atom stereocenters. The minimum Gasteiger partial charge on any atom is -0.481 e. The van der Waals surface area contributed by atoms with Crippen LogP contribution < -0.4 is 10.1 Å². The number of nitrogens with zero attached hydrogens (tertiary/aromatic N) is 1. The summed E-state index contributed by atoms with van der Waals surface area (Å²) in [6, 6.07) is 6.03. The summed E-state index contributed by atoms with van der Waals surface area (Å²) >= 11 is 11.9. The summed E-state index contributed by atoms with van der Waals surface area (Å²) in [7, 11) is 0. The molecule has 2 bridgehead atoms. The smallest absolute Gasteiger partial charge is 0.263 e. The molecule has 2 saturated heterocycles. The number of fused-ring (bicyclic) bond motifs is 2. The molecular weight excluding hydrogens is 359 g/mol. The first-order valence-electron chi connectivity index (χ1n) is 7.69. The summed E-state index contributed by atoms with van der Waals surface area (Å²) in [4.78, 5) is 14.5. The second kappa shape index (κ2) is 7.93. The summed E-state index contributed by atoms with van der Waals surface area (Å²) in [5.74, 6) is 0.588. The largest absolute Gasteiger partial charge is 0.481 e. The van der Waals surface area contributed by atoms with Gasteiger partial charge in [-0.25, -0.2) is 0 Å². The quantitative estimate of drug-likeness (QED) is 0.873. The number of carbonyl (C=O) groups is 1. The highest BCUT2D eigenvalue weighted by atomic mass is 35.5. The van der Waals surface area contributed by atoms with Crippen LogP contribution in [0.1, 0.15) is 26.2 Å². The van der Waals surface area contributed by atoms with E-state index >= 15 is 0 Å². The molecule has 1 aromatic carbocycles. The normalized spacial score (nSPS) is 24.6. The van der Waals surface area contributed by atoms with Crippen LogP contribution >= 0.6 is 35.6 Å². The van der Waals surface area contributed by atoms with Gasteiger partial charge in [0.2, 0.25) is 0 Å². The van der Waals surface area contributed by atoms with Crippen LogP contribution in [-0.4, -0.2) is 42.1 Å². The molecule has 0 spiro atoms. The van der Waals surface area contributed by atoms with Crippen molar-refractivity contribution in [2.45, 2.75) is 44.4 Å². The maximum atomic E-state index is 12.6. The standard InChI is InChI=1S/C16H20Cl2N2O2.ClH/c1-10(22-13-4-5-14(17)15(18)8-13)16(21)20-7-6-11-2-3-12(9-20)19-11;/h4-5,8,10-12,19H,2-3,6-7,9H2,1H3;1H. The van der Waals surface area contributed by atoms with Crippen molar-refractivity contribution >= 4 is 41.5 Å². The first kappa shape index (κ1) is 18.7. The number of benzene rings is 1. The van der Waals surface area contributed by atoms with E-state index in [0.29, 0.717) is 27.9 Å². The second-order valence-electron chi connectivity index (χ2n) is 6.05. The molecule has 2 aliphatic rings. The summed E-state index contributed by atoms with van der Waals surface area (Å²) in [5.41, 5.74) is 0. The van der Waals surface area contributed by atoms with Gasteiger partial charge in [0.15, 0.2) is 6.10 Å². The van der Waals surface area contributed by atoms with Gasteiger partial charge in [0.05, 0.1) is 10.0 Å². The van der Waals surface area contributed by atoms with Crippen LogP contribution in [0, 0.1) is 0 Å². The van der Waals surface area contributed by atoms with Gasteiger partial charge in [0.1, 0.15) is 5.75 Å². The molecule has 7 heteroatoms. The van der Waals surface area contributed by atoms with E-state index in [9.17, 15) is 4.79 Å². The highest BCUT2D eigenvalue weighted by molar-refractivity contribution is 6.42. The van der Waals surface area contributed by atoms with Crippen molar-refractivity contribution in [3.05, 3.63) is 28.2 Å². The van der Waals surface area contributed by atoms with Crippen molar-refractivity contribution in [2.75, 3.05) is 13.1 Å². The van der Waals surface area contributed by atoms with Gasteiger partial charge >= 0.3 is 0 Å². The topological polar surface area (TPSA) is 41.6 Å². The lowest BCUT2D eigenvalue weighted by atomic mass is 10.1. The van der Waals surface area contributed by atoms with E-state index in [0.717, 1.165) is 25.9 Å². The molecule has 1 aromatic rings. The van der Waals surface area contributed by atoms with Gasteiger partial charge < -0.3 is 15.0 Å². The highest BCUT2D eigenvalue weighted by Crippen LogP contribution is 2.27. The molecule has 1 N–H and O–H groups in total. The Morgan fingerprint density at radius 3 is 2.74 bits per heavy atom. The Bertz CT molecular complexity index is 570. The number of carbonyl (C=O) groups excluding carboxylic acids is 1. The van der Waals surface area contributed by atoms with Gasteiger partial charge in [-0.15, -0.1) is 12.4 Å². The van der Waals surface area contributed by atoms with E-state index in [4.69, 9.17) is 27.9 Å². The zero-order valence-electron chi connectivity index (χ0n) is 12.9. The van der Waals surface area contributed by atoms with Gasteiger partial charge in [-0.3, -0.25) is 4.79 Å². The molecule has 2 heterocycles. The number of halogens is 3. The first-order valence-corrected chi connectivity index (χ1v) is 8.45. The molecule has 0 radical (unpaired) electrons. The van der Waals surface area contributed by atoms with Crippen LogP contribution in [0.5, 0.6) is 5.75 Å². The fraction of sp³-hybridized carbons (Fsp3) is 0.562. The predicted octanol–water partition coefficient (Wildman–Crippen LogP) is 3.54. The first-order chi connectivity index (χ1) is 10.5. The number of hydrogen-bond acceptors (Lipinski definition) is 3. The fourth-order valence-electron chi connectivity index (χ4n) is 3.20. The molecule has 128 valence electrons. The van der Waals surface area contributed by atoms with Crippen molar-refractivity contribution in [3.63, 3.8) is 0 Å². The van der Waals surface area contributed by atoms with Crippen LogP contribution in [0.15, 0.2) is 18.2 Å². The number of likely N-dealkylation sites (tertiary alicyclic amines) is 1. The van der Waals surface area contributed by atoms with Crippen LogP contribution in [-0.2, 0) is 4.79 Å². The van der Waals surface area contributed by atoms with Gasteiger partial charge in [0.25, 0.3) is 5.91 Å². The van der Waals surface area contributed by atoms with Crippen molar-refractivity contribution < 1.29 is 9.53 Å². The number of hydrogen-bond donors (Lipinski definition) is 1. The summed E-state index contributed by atoms with van der Waals surface area (Å²) in [6.45, 7) is 3.34. The van der Waals surface area contributed by atoms with Crippen LogP contribution in [0.3, 0.4) is 0 Å². The number of amides is 1. The molecule has 0 saturated carbocycles. The lowest BCUT2D eigenvalue weighted by Crippen LogP contribution is -2.44. The second-order valence-corrected chi connectivity index (χ2v) is 6.86. The molecule has 3 rings (SSSR count). The predicted molar refractivity (Wildman–Crippen MR) is 94.9 cm³/mol. The Hall–Kier alpha value is -0.680. The van der Waals surface area contributed by atoms with Crippen molar-refractivity contribution in [2.24, 2.45) is 0 Å². The highest BCUT2D eigenvalue weighted by Gasteiger charge is 2.33. The van der Waals surface area contributed by atoms with Crippen molar-refractivity contribution in [1.29, 1.82) is 0 Å². The number of nitrogens with one attached hydrogen (secondary N) is 1. The van der Waals surface area contributed by atoms with E-state index in [1.54, 1.807) is 25.1 Å². The van der Waals surface area contributed by atoms with Gasteiger partial charge in [-0.05, 0) is 38.3 Å². The molecule has 23 heavy (non-hydrogen) atoms. The van der Waals surface area contributed by atoms with E-state index < -0.39 is 6.10 Å². The summed E-state index contributed by atoms with van der Waals surface area (Å²) < 4.78 is 5.73. The molecular formula is C16H21Cl3N2O2. The van der Waals surface area contributed by atoms with E-state index in [1.165, 1.54) is 6.42 Å². The third kappa shape index (κ3) is 4.44. The van der Waals surface area contributed by atoms with Gasteiger partial charge in [0, 0.05) is 31.2 Å². The lowest BCUT2D eigenvalue weighted by molar-refractivity contribution is -0.138. The molecule has 1 amide bonds. The number of ether oxygens (including phenoxy) is 1. The fourth-order valence-corrected chi connectivity index (χ4v) is 3.49. The van der Waals surface area contributed by atoms with Crippen LogP contribution in [0.25, 0.3) is 0 Å². The SMILES string of the molecule is CC(Oc1ccc(Cl)c(Cl)c1)C(=O)N1CCC2CCC(C1)N2.Cl. The Morgan fingerprint density at radius 2 is 2.00 bits per heavy atom. The zero-order valence-corrected chi connectivity index (χ0v) is 15.3. The third-order valence-electron chi connectivity index (χ3n) is 4.39. The Labute approximate surface area is 152 Å². The van der Waals surface area contributed by atoms with E-state index in [1.807, 2.05) is 4.90 Å². The lowest BCUT2D eigenvalue weighted by Gasteiger charge is -2.27. The Balaban J connectivity index is 0.00000192. The number of rotatable bonds is 3. The van der Waals surface area contributed by atoms with Crippen LogP contribution in [0.4, 0.5) is 0 Å². The molecule has 2 aliphatic heterocycles. The molecule has 0 aromatic heterocycles. The average molecular weight is 380 g/mol. The summed E-state index contributed by atoms with van der Waals surface area (Å²) in [5, 5.41) is 4.47. The third-order valence-corrected chi connectivity index (χ3v) is 5.13. The monoisotopic (exact) mass is 378 g/mol. The zero-order chi connectivity index (χ0) is 15.7. The Morgan fingerprint density at radius 1 is 1.26 bits per heavy atom. The molecule has 4 nitrogen and oxygen atoms in total. The average Bonchev–Trinajstić information content (AvgIpc) is 2.81. The van der Waals surface area contributed by atoms with E-state index in [2.05, 4.69) is 5.32 Å². The maximum Gasteiger partial charge on any atom is 0.263 e. The summed E-state index contributed by atoms with van der Waals surface area (Å²) in [6.07, 6.45) is 2.86. The van der Waals surface area contributed by atoms with Gasteiger partial charge in [-0.1, -0.05) is 23.2 Å². The Kier molecular flexibility index (Phi) is 6.43. The van der Waals surface area contributed by atoms with E-state index in [-0.39, 0.29) is 18.3 Å². The van der Waals surface area contributed by atoms with Crippen molar-refractivity contribution in [3.8, 4) is 5.75 Å². The minimum atomic E-state index is -0.533. The minimum absolute atomic E-state index is 0. The van der Waals surface area contributed by atoms with Crippen molar-refractivity contribution in [1.82, 2.24) is 10.2 Å². The van der Waals surface area contributed by atoms with Crippen LogP contribution in [0.2, 0.25) is 10.0 Å².